The van der Waals surface area contributed by atoms with Gasteiger partial charge in [-0.25, -0.2) is 9.55 Å². The molecule has 1 rings (SSSR count). The summed E-state index contributed by atoms with van der Waals surface area (Å²) in [5.74, 6) is 2.05. The van der Waals surface area contributed by atoms with Gasteiger partial charge in [0.25, 0.3) is 5.82 Å². The van der Waals surface area contributed by atoms with Crippen molar-refractivity contribution in [2.24, 2.45) is 0 Å². The number of hydrogen-bond donors (Lipinski definition) is 1. The van der Waals surface area contributed by atoms with Crippen LogP contribution in [0, 0.1) is 0 Å². The number of rotatable bonds is 10. The molecule has 0 aromatic carbocycles. The van der Waals surface area contributed by atoms with E-state index in [0.717, 1.165) is 0 Å². The minimum Gasteiger partial charge on any atom is -0.247 e. The van der Waals surface area contributed by atoms with Crippen LogP contribution in [0.1, 0.15) is 96.8 Å². The molecule has 1 heterocycles. The number of aromatic amines is 1. The van der Waals surface area contributed by atoms with E-state index in [-0.39, 0.29) is 0 Å². The van der Waals surface area contributed by atoms with Crippen molar-refractivity contribution in [3.63, 3.8) is 0 Å². The van der Waals surface area contributed by atoms with Gasteiger partial charge in [-0.3, -0.25) is 0 Å². The first-order valence-electron chi connectivity index (χ1n) is 8.29. The van der Waals surface area contributed by atoms with Crippen molar-refractivity contribution in [2.45, 2.75) is 91.0 Å². The van der Waals surface area contributed by atoms with Gasteiger partial charge in [-0.05, 0) is 19.8 Å². The zero-order valence-electron chi connectivity index (χ0n) is 13.4. The lowest BCUT2D eigenvalue weighted by Crippen LogP contribution is -2.40. The predicted molar refractivity (Wildman–Crippen MR) is 82.4 cm³/mol. The third-order valence-electron chi connectivity index (χ3n) is 4.27. The van der Waals surface area contributed by atoms with E-state index in [4.69, 9.17) is 0 Å². The van der Waals surface area contributed by atoms with Crippen LogP contribution in [0.25, 0.3) is 0 Å². The highest BCUT2D eigenvalue weighted by atomic mass is 15.1. The summed E-state index contributed by atoms with van der Waals surface area (Å²) in [6.45, 7) is 9.19. The maximum atomic E-state index is 3.44. The highest BCUT2D eigenvalue weighted by molar-refractivity contribution is 4.87. The second-order valence-electron chi connectivity index (χ2n) is 5.97. The average molecular weight is 265 g/mol. The van der Waals surface area contributed by atoms with Crippen LogP contribution >= 0.6 is 0 Å². The fourth-order valence-electron chi connectivity index (χ4n) is 2.70. The first-order chi connectivity index (χ1) is 9.20. The number of unbranched alkanes of at least 4 members (excludes halogenated alkanes) is 5. The third-order valence-corrected chi connectivity index (χ3v) is 4.27. The number of H-pyrrole nitrogens is 1. The molecule has 0 spiro atoms. The number of hydrogen-bond acceptors (Lipinski definition) is 0. The Bertz CT molecular complexity index is 330. The van der Waals surface area contributed by atoms with E-state index in [9.17, 15) is 0 Å². The molecule has 0 aliphatic heterocycles. The lowest BCUT2D eigenvalue weighted by atomic mass is 10.0. The van der Waals surface area contributed by atoms with E-state index in [1.165, 1.54) is 57.2 Å². The third kappa shape index (κ3) is 5.38. The van der Waals surface area contributed by atoms with E-state index in [2.05, 4.69) is 49.6 Å². The summed E-state index contributed by atoms with van der Waals surface area (Å²) < 4.78 is 2.42. The van der Waals surface area contributed by atoms with Gasteiger partial charge in [0.2, 0.25) is 0 Å². The molecule has 0 aliphatic carbocycles. The molecule has 2 atom stereocenters. The minimum absolute atomic E-state index is 0.605. The quantitative estimate of drug-likeness (QED) is 0.447. The molecule has 1 N–H and O–H groups in total. The largest absolute Gasteiger partial charge is 0.257 e. The molecular formula is C17H33N2+. The van der Waals surface area contributed by atoms with E-state index in [0.29, 0.717) is 12.0 Å². The molecule has 2 unspecified atom stereocenters. The average Bonchev–Trinajstić information content (AvgIpc) is 2.91. The topological polar surface area (TPSA) is 19.7 Å². The summed E-state index contributed by atoms with van der Waals surface area (Å²) in [4.78, 5) is 3.44. The Morgan fingerprint density at radius 2 is 1.74 bits per heavy atom. The van der Waals surface area contributed by atoms with Gasteiger partial charge in [0.1, 0.15) is 12.4 Å². The molecule has 0 fully saturated rings. The zero-order chi connectivity index (χ0) is 14.1. The van der Waals surface area contributed by atoms with Crippen LogP contribution in [-0.2, 0) is 0 Å². The highest BCUT2D eigenvalue weighted by Crippen LogP contribution is 2.19. The fourth-order valence-corrected chi connectivity index (χ4v) is 2.70. The van der Waals surface area contributed by atoms with E-state index >= 15 is 0 Å². The van der Waals surface area contributed by atoms with Gasteiger partial charge in [-0.2, -0.15) is 0 Å². The van der Waals surface area contributed by atoms with Crippen molar-refractivity contribution in [3.8, 4) is 0 Å². The molecule has 2 nitrogen and oxygen atoms in total. The number of nitrogens with one attached hydrogen (secondary N) is 1. The summed E-state index contributed by atoms with van der Waals surface area (Å²) in [5, 5.41) is 0. The molecule has 1 aromatic heterocycles. The molecule has 110 valence electrons. The number of imidazole rings is 1. The standard InChI is InChI=1S/C17H32N2/c1-5-7-8-9-10-11-12-15(3)17-18-13-14-19(17)16(4)6-2/h13-16H,5-12H2,1-4H3/p+1. The van der Waals surface area contributed by atoms with Crippen LogP contribution in [0.3, 0.4) is 0 Å². The van der Waals surface area contributed by atoms with Gasteiger partial charge in [0, 0.05) is 0 Å². The maximum absolute atomic E-state index is 3.44. The van der Waals surface area contributed by atoms with Crippen LogP contribution in [0.2, 0.25) is 0 Å². The van der Waals surface area contributed by atoms with Crippen molar-refractivity contribution in [1.29, 1.82) is 0 Å². The second-order valence-corrected chi connectivity index (χ2v) is 5.97. The van der Waals surface area contributed by atoms with Gasteiger partial charge < -0.3 is 0 Å². The SMILES string of the molecule is CCCCCCCCC(C)c1[nH]cc[n+]1C(C)CC. The fraction of sp³-hybridized carbons (Fsp3) is 0.824. The Balaban J connectivity index is 2.33. The highest BCUT2D eigenvalue weighted by Gasteiger charge is 2.21. The molecule has 0 bridgehead atoms. The van der Waals surface area contributed by atoms with Crippen molar-refractivity contribution in [2.75, 3.05) is 0 Å². The zero-order valence-corrected chi connectivity index (χ0v) is 13.4. The van der Waals surface area contributed by atoms with Gasteiger partial charge in [0.05, 0.1) is 12.0 Å². The molecule has 0 aliphatic rings. The van der Waals surface area contributed by atoms with Crippen molar-refractivity contribution in [1.82, 2.24) is 4.98 Å². The predicted octanol–water partition coefficient (Wildman–Crippen LogP) is 5.13. The van der Waals surface area contributed by atoms with Crippen LogP contribution in [0.5, 0.6) is 0 Å². The maximum Gasteiger partial charge on any atom is 0.257 e. The van der Waals surface area contributed by atoms with E-state index < -0.39 is 0 Å². The first-order valence-corrected chi connectivity index (χ1v) is 8.29. The normalized spacial score (nSPS) is 14.5. The Morgan fingerprint density at radius 1 is 1.05 bits per heavy atom. The Labute approximate surface area is 119 Å². The van der Waals surface area contributed by atoms with E-state index in [1.54, 1.807) is 0 Å². The molecular weight excluding hydrogens is 232 g/mol. The molecule has 0 saturated carbocycles. The molecule has 0 saturated heterocycles. The molecule has 2 heteroatoms. The van der Waals surface area contributed by atoms with Gasteiger partial charge in [-0.1, -0.05) is 59.3 Å². The van der Waals surface area contributed by atoms with Crippen molar-refractivity contribution < 1.29 is 4.57 Å². The summed E-state index contributed by atoms with van der Waals surface area (Å²) in [6.07, 6.45) is 15.1. The Morgan fingerprint density at radius 3 is 2.42 bits per heavy atom. The smallest absolute Gasteiger partial charge is 0.247 e. The van der Waals surface area contributed by atoms with Crippen LogP contribution < -0.4 is 4.57 Å². The minimum atomic E-state index is 0.605. The Hall–Kier alpha value is -0.790. The Kier molecular flexibility index (Phi) is 7.85. The number of aromatic nitrogens is 2. The molecule has 0 radical (unpaired) electrons. The first kappa shape index (κ1) is 16.3. The molecule has 1 aromatic rings. The molecule has 19 heavy (non-hydrogen) atoms. The summed E-state index contributed by atoms with van der Waals surface area (Å²) in [6, 6.07) is 0.605. The van der Waals surface area contributed by atoms with Crippen molar-refractivity contribution >= 4 is 0 Å². The van der Waals surface area contributed by atoms with Crippen LogP contribution in [0.4, 0.5) is 0 Å². The summed E-state index contributed by atoms with van der Waals surface area (Å²) in [7, 11) is 0. The number of nitrogens with zero attached hydrogens (tertiary/aromatic N) is 1. The summed E-state index contributed by atoms with van der Waals surface area (Å²) in [5.41, 5.74) is 0. The lowest BCUT2D eigenvalue weighted by molar-refractivity contribution is -0.726. The van der Waals surface area contributed by atoms with Gasteiger partial charge >= 0.3 is 0 Å². The van der Waals surface area contributed by atoms with E-state index in [1.807, 2.05) is 0 Å². The summed E-state index contributed by atoms with van der Waals surface area (Å²) >= 11 is 0. The van der Waals surface area contributed by atoms with Crippen molar-refractivity contribution in [3.05, 3.63) is 18.2 Å². The molecule has 0 amide bonds. The van der Waals surface area contributed by atoms with Crippen LogP contribution in [-0.4, -0.2) is 4.98 Å². The second kappa shape index (κ2) is 9.17. The monoisotopic (exact) mass is 265 g/mol. The lowest BCUT2D eigenvalue weighted by Gasteiger charge is -2.12. The van der Waals surface area contributed by atoms with Gasteiger partial charge in [0.15, 0.2) is 0 Å². The van der Waals surface area contributed by atoms with Gasteiger partial charge in [-0.15, -0.1) is 0 Å². The van der Waals surface area contributed by atoms with Crippen LogP contribution in [0.15, 0.2) is 12.4 Å².